The summed E-state index contributed by atoms with van der Waals surface area (Å²) in [5.41, 5.74) is 0. The Hall–Kier alpha value is -0.340. The molecule has 0 saturated carbocycles. The largest absolute Gasteiger partial charge is 0.376 e. The Kier molecular flexibility index (Phi) is 5.88. The Morgan fingerprint density at radius 1 is 1.50 bits per heavy atom. The molecule has 0 radical (unpaired) electrons. The molecule has 0 bridgehead atoms. The lowest BCUT2D eigenvalue weighted by Crippen LogP contribution is -2.30. The zero-order valence-corrected chi connectivity index (χ0v) is 9.21. The van der Waals surface area contributed by atoms with E-state index in [0.29, 0.717) is 6.10 Å². The van der Waals surface area contributed by atoms with Gasteiger partial charge in [-0.3, -0.25) is 0 Å². The van der Waals surface area contributed by atoms with Crippen LogP contribution in [0.3, 0.4) is 0 Å². The van der Waals surface area contributed by atoms with Crippen LogP contribution in [-0.2, 0) is 9.47 Å². The molecule has 0 amide bonds. The monoisotopic (exact) mass is 198 g/mol. The van der Waals surface area contributed by atoms with Crippen molar-refractivity contribution in [2.45, 2.75) is 38.7 Å². The van der Waals surface area contributed by atoms with Crippen LogP contribution in [0.4, 0.5) is 0 Å². The molecule has 1 rings (SSSR count). The Morgan fingerprint density at radius 2 is 2.36 bits per heavy atom. The van der Waals surface area contributed by atoms with E-state index in [1.54, 1.807) is 0 Å². The van der Waals surface area contributed by atoms with Crippen LogP contribution in [0.5, 0.6) is 0 Å². The molecule has 0 aliphatic carbocycles. The van der Waals surface area contributed by atoms with Gasteiger partial charge in [0.05, 0.1) is 25.9 Å². The van der Waals surface area contributed by atoms with Crippen molar-refractivity contribution < 1.29 is 9.47 Å². The first-order chi connectivity index (χ1) is 6.83. The molecule has 2 nitrogen and oxygen atoms in total. The van der Waals surface area contributed by atoms with E-state index < -0.39 is 0 Å². The molecule has 14 heavy (non-hydrogen) atoms. The third-order valence-electron chi connectivity index (χ3n) is 2.66. The number of hydrogen-bond donors (Lipinski definition) is 0. The van der Waals surface area contributed by atoms with Crippen molar-refractivity contribution in [2.24, 2.45) is 5.92 Å². The fourth-order valence-corrected chi connectivity index (χ4v) is 1.85. The van der Waals surface area contributed by atoms with Gasteiger partial charge in [-0.05, 0) is 25.2 Å². The van der Waals surface area contributed by atoms with Crippen LogP contribution in [0.25, 0.3) is 0 Å². The molecule has 1 saturated heterocycles. The molecule has 0 spiro atoms. The van der Waals surface area contributed by atoms with Crippen molar-refractivity contribution in [1.29, 1.82) is 0 Å². The minimum Gasteiger partial charge on any atom is -0.376 e. The number of rotatable bonds is 6. The average Bonchev–Trinajstić information content (AvgIpc) is 2.20. The van der Waals surface area contributed by atoms with Gasteiger partial charge in [0.15, 0.2) is 0 Å². The normalized spacial score (nSPS) is 24.5. The average molecular weight is 198 g/mol. The van der Waals surface area contributed by atoms with Crippen LogP contribution < -0.4 is 0 Å². The van der Waals surface area contributed by atoms with E-state index in [4.69, 9.17) is 9.47 Å². The second-order valence-corrected chi connectivity index (χ2v) is 4.13. The predicted molar refractivity (Wildman–Crippen MR) is 58.4 cm³/mol. The van der Waals surface area contributed by atoms with E-state index >= 15 is 0 Å². The van der Waals surface area contributed by atoms with Crippen molar-refractivity contribution in [1.82, 2.24) is 0 Å². The molecule has 2 atom stereocenters. The van der Waals surface area contributed by atoms with E-state index in [-0.39, 0.29) is 0 Å². The van der Waals surface area contributed by atoms with Gasteiger partial charge in [-0.2, -0.15) is 0 Å². The summed E-state index contributed by atoms with van der Waals surface area (Å²) < 4.78 is 11.0. The van der Waals surface area contributed by atoms with Gasteiger partial charge < -0.3 is 9.47 Å². The number of ether oxygens (including phenoxy) is 2. The van der Waals surface area contributed by atoms with Crippen molar-refractivity contribution >= 4 is 0 Å². The van der Waals surface area contributed by atoms with E-state index in [2.05, 4.69) is 13.5 Å². The summed E-state index contributed by atoms with van der Waals surface area (Å²) in [4.78, 5) is 0. The lowest BCUT2D eigenvalue weighted by atomic mass is 9.97. The predicted octanol–water partition coefficient (Wildman–Crippen LogP) is 2.78. The quantitative estimate of drug-likeness (QED) is 0.482. The van der Waals surface area contributed by atoms with Crippen LogP contribution in [0, 0.1) is 5.92 Å². The summed E-state index contributed by atoms with van der Waals surface area (Å²) in [5, 5.41) is 0. The molecule has 0 N–H and O–H groups in total. The highest BCUT2D eigenvalue weighted by Gasteiger charge is 2.16. The fraction of sp³-hybridized carbons (Fsp3) is 0.833. The van der Waals surface area contributed by atoms with Gasteiger partial charge in [-0.25, -0.2) is 0 Å². The maximum absolute atomic E-state index is 5.61. The smallest absolute Gasteiger partial charge is 0.0812 e. The molecule has 2 heteroatoms. The Bertz CT molecular complexity index is 150. The topological polar surface area (TPSA) is 18.5 Å². The molecule has 0 aromatic heterocycles. The summed E-state index contributed by atoms with van der Waals surface area (Å²) in [6.45, 7) is 8.34. The van der Waals surface area contributed by atoms with Crippen molar-refractivity contribution in [3.8, 4) is 0 Å². The number of unbranched alkanes of at least 4 members (excludes halogenated alkanes) is 1. The summed E-state index contributed by atoms with van der Waals surface area (Å²) >= 11 is 0. The van der Waals surface area contributed by atoms with E-state index in [9.17, 15) is 0 Å². The minimum absolute atomic E-state index is 0.336. The number of hydrogen-bond acceptors (Lipinski definition) is 2. The first-order valence-corrected chi connectivity index (χ1v) is 5.63. The molecule has 1 aliphatic rings. The van der Waals surface area contributed by atoms with Crippen molar-refractivity contribution in [3.05, 3.63) is 12.7 Å². The lowest BCUT2D eigenvalue weighted by Gasteiger charge is -2.25. The summed E-state index contributed by atoms with van der Waals surface area (Å²) in [6.07, 6.45) is 7.11. The molecular formula is C12H22O2. The van der Waals surface area contributed by atoms with E-state index in [0.717, 1.165) is 38.6 Å². The van der Waals surface area contributed by atoms with E-state index in [1.807, 2.05) is 6.08 Å². The molecule has 1 fully saturated rings. The maximum Gasteiger partial charge on any atom is 0.0812 e. The second-order valence-electron chi connectivity index (χ2n) is 4.13. The highest BCUT2D eigenvalue weighted by molar-refractivity contribution is 4.69. The van der Waals surface area contributed by atoms with Gasteiger partial charge in [0.1, 0.15) is 0 Å². The fourth-order valence-electron chi connectivity index (χ4n) is 1.85. The van der Waals surface area contributed by atoms with Gasteiger partial charge in [-0.15, -0.1) is 6.58 Å². The van der Waals surface area contributed by atoms with Gasteiger partial charge in [0.2, 0.25) is 0 Å². The standard InChI is InChI=1S/C12H22O2/c1-3-4-5-6-11(2)9-12-10-13-7-8-14-12/h3,11-12H,1,4-10H2,2H3. The molecule has 0 aromatic rings. The highest BCUT2D eigenvalue weighted by atomic mass is 16.6. The van der Waals surface area contributed by atoms with Gasteiger partial charge in [-0.1, -0.05) is 19.4 Å². The zero-order chi connectivity index (χ0) is 10.2. The third kappa shape index (κ3) is 4.77. The first kappa shape index (κ1) is 11.7. The Labute approximate surface area is 87.3 Å². The van der Waals surface area contributed by atoms with Crippen LogP contribution >= 0.6 is 0 Å². The zero-order valence-electron chi connectivity index (χ0n) is 9.21. The van der Waals surface area contributed by atoms with Crippen molar-refractivity contribution in [2.75, 3.05) is 19.8 Å². The molecule has 2 unspecified atom stereocenters. The van der Waals surface area contributed by atoms with Crippen LogP contribution in [-0.4, -0.2) is 25.9 Å². The summed E-state index contributed by atoms with van der Waals surface area (Å²) in [5.74, 6) is 0.738. The van der Waals surface area contributed by atoms with Gasteiger partial charge in [0.25, 0.3) is 0 Å². The Morgan fingerprint density at radius 3 is 3.00 bits per heavy atom. The highest BCUT2D eigenvalue weighted by Crippen LogP contribution is 2.17. The van der Waals surface area contributed by atoms with Gasteiger partial charge >= 0.3 is 0 Å². The molecule has 1 aliphatic heterocycles. The Balaban J connectivity index is 2.05. The van der Waals surface area contributed by atoms with E-state index in [1.165, 1.54) is 12.8 Å². The lowest BCUT2D eigenvalue weighted by molar-refractivity contribution is -0.0953. The SMILES string of the molecule is C=CCCCC(C)CC1COCCO1. The van der Waals surface area contributed by atoms with Crippen LogP contribution in [0.15, 0.2) is 12.7 Å². The first-order valence-electron chi connectivity index (χ1n) is 5.63. The molecule has 82 valence electrons. The minimum atomic E-state index is 0.336. The second kappa shape index (κ2) is 7.02. The van der Waals surface area contributed by atoms with Gasteiger partial charge in [0, 0.05) is 0 Å². The third-order valence-corrected chi connectivity index (χ3v) is 2.66. The molecular weight excluding hydrogens is 176 g/mol. The molecule has 1 heterocycles. The molecule has 0 aromatic carbocycles. The maximum atomic E-state index is 5.61. The van der Waals surface area contributed by atoms with Crippen molar-refractivity contribution in [3.63, 3.8) is 0 Å². The summed E-state index contributed by atoms with van der Waals surface area (Å²) in [7, 11) is 0. The van der Waals surface area contributed by atoms with Crippen LogP contribution in [0.1, 0.15) is 32.6 Å². The van der Waals surface area contributed by atoms with Crippen LogP contribution in [0.2, 0.25) is 0 Å². The number of allylic oxidation sites excluding steroid dienone is 1. The summed E-state index contributed by atoms with van der Waals surface area (Å²) in [6, 6.07) is 0.